The van der Waals surface area contributed by atoms with Crippen LogP contribution in [0.1, 0.15) is 97.8 Å². The zero-order valence-corrected chi connectivity index (χ0v) is 30.9. The van der Waals surface area contributed by atoms with E-state index in [1.807, 2.05) is 50.3 Å². The highest BCUT2D eigenvalue weighted by molar-refractivity contribution is 8.65. The van der Waals surface area contributed by atoms with Crippen LogP contribution in [-0.2, 0) is 35.7 Å². The summed E-state index contributed by atoms with van der Waals surface area (Å²) in [5.41, 5.74) is -0.809. The summed E-state index contributed by atoms with van der Waals surface area (Å²) in [5.74, 6) is -0.522. The second-order valence-electron chi connectivity index (χ2n) is 12.9. The van der Waals surface area contributed by atoms with Gasteiger partial charge in [0.2, 0.25) is 0 Å². The Bertz CT molecular complexity index is 1260. The Morgan fingerprint density at radius 3 is 2.43 bits per heavy atom. The van der Waals surface area contributed by atoms with E-state index in [4.69, 9.17) is 38.3 Å². The largest absolute Gasteiger partial charge is 0.461 e. The number of carbonyl (C=O) groups is 3. The molecule has 0 aromatic heterocycles. The molecule has 262 valence electrons. The Labute approximate surface area is 291 Å². The third-order valence-electron chi connectivity index (χ3n) is 8.80. The molecule has 5 atom stereocenters. The number of unbranched alkanes of at least 4 members (excludes halogenated alkanes) is 3. The minimum absolute atomic E-state index is 0.0863. The van der Waals surface area contributed by atoms with Gasteiger partial charge in [0.25, 0.3) is 0 Å². The lowest BCUT2D eigenvalue weighted by molar-refractivity contribution is -0.150. The summed E-state index contributed by atoms with van der Waals surface area (Å²) in [7, 11) is 0. The fourth-order valence-electron chi connectivity index (χ4n) is 5.92. The van der Waals surface area contributed by atoms with Gasteiger partial charge in [-0.05, 0) is 69.7 Å². The summed E-state index contributed by atoms with van der Waals surface area (Å²) in [6, 6.07) is 7.34. The van der Waals surface area contributed by atoms with Crippen LogP contribution in [0, 0.1) is 11.8 Å². The van der Waals surface area contributed by atoms with Gasteiger partial charge in [0, 0.05) is 49.5 Å². The third-order valence-corrected chi connectivity index (χ3v) is 13.7. The number of morpholine rings is 1. The zero-order chi connectivity index (χ0) is 34.3. The second kappa shape index (κ2) is 20.0. The Balaban J connectivity index is 1.48. The monoisotopic (exact) mass is 707 g/mol. The van der Waals surface area contributed by atoms with Crippen molar-refractivity contribution in [2.24, 2.45) is 11.8 Å². The van der Waals surface area contributed by atoms with E-state index >= 15 is 0 Å². The van der Waals surface area contributed by atoms with Crippen LogP contribution in [0.2, 0.25) is 0 Å². The zero-order valence-electron chi connectivity index (χ0n) is 28.3. The highest BCUT2D eigenvalue weighted by Crippen LogP contribution is 2.53. The first-order valence-corrected chi connectivity index (χ1v) is 21.1. The van der Waals surface area contributed by atoms with E-state index in [9.17, 15) is 19.5 Å². The molecule has 1 saturated heterocycles. The molecule has 0 radical (unpaired) electrons. The minimum Gasteiger partial charge on any atom is -0.461 e. The van der Waals surface area contributed by atoms with Gasteiger partial charge in [0.15, 0.2) is 0 Å². The lowest BCUT2D eigenvalue weighted by Gasteiger charge is -2.34. The van der Waals surface area contributed by atoms with Gasteiger partial charge in [-0.3, -0.25) is 19.1 Å². The number of carbonyl (C=O) groups excluding carboxylic acids is 3. The molecule has 1 aliphatic heterocycles. The van der Waals surface area contributed by atoms with E-state index in [-0.39, 0.29) is 42.4 Å². The van der Waals surface area contributed by atoms with Crippen LogP contribution in [0.5, 0.6) is 5.75 Å². The van der Waals surface area contributed by atoms with Crippen molar-refractivity contribution in [2.75, 3.05) is 26.3 Å². The molecule has 1 N–H and O–H groups in total. The summed E-state index contributed by atoms with van der Waals surface area (Å²) in [6.07, 6.45) is 14.9. The number of aliphatic hydroxyl groups is 1. The normalized spacial score (nSPS) is 23.2. The number of esters is 2. The van der Waals surface area contributed by atoms with E-state index in [0.717, 1.165) is 44.1 Å². The average Bonchev–Trinajstić information content (AvgIpc) is 3.33. The van der Waals surface area contributed by atoms with Gasteiger partial charge in [-0.1, -0.05) is 69.2 Å². The van der Waals surface area contributed by atoms with Gasteiger partial charge in [-0.25, -0.2) is 0 Å². The molecule has 0 spiro atoms. The van der Waals surface area contributed by atoms with Gasteiger partial charge < -0.3 is 19.3 Å². The molecule has 0 amide bonds. The van der Waals surface area contributed by atoms with Crippen molar-refractivity contribution in [2.45, 2.75) is 110 Å². The molecule has 0 bridgehead atoms. The van der Waals surface area contributed by atoms with Gasteiger partial charge >= 0.3 is 11.9 Å². The maximum atomic E-state index is 13.0. The fourth-order valence-corrected chi connectivity index (χ4v) is 9.28. The van der Waals surface area contributed by atoms with Crippen LogP contribution in [0.4, 0.5) is 0 Å². The molecule has 47 heavy (non-hydrogen) atoms. The molecule has 8 nitrogen and oxygen atoms in total. The Morgan fingerprint density at radius 2 is 1.74 bits per heavy atom. The smallest absolute Gasteiger partial charge is 0.311 e. The third kappa shape index (κ3) is 13.2. The van der Waals surface area contributed by atoms with Crippen molar-refractivity contribution in [3.05, 3.63) is 48.6 Å². The molecule has 11 heteroatoms. The van der Waals surface area contributed by atoms with Crippen molar-refractivity contribution in [3.8, 4) is 5.75 Å². The lowest BCUT2D eigenvalue weighted by atomic mass is 9.88. The Kier molecular flexibility index (Phi) is 16.9. The number of ether oxygens (including phenoxy) is 3. The summed E-state index contributed by atoms with van der Waals surface area (Å²) in [5, 5.41) is 9.50. The van der Waals surface area contributed by atoms with Gasteiger partial charge in [0.1, 0.15) is 17.6 Å². The molecule has 1 unspecified atom stereocenters. The number of thiol groups is 1. The first-order chi connectivity index (χ1) is 22.5. The first kappa shape index (κ1) is 39.6. The summed E-state index contributed by atoms with van der Waals surface area (Å²) < 4.78 is 19.0. The number of allylic oxidation sites excluding steroid dienone is 2. The van der Waals surface area contributed by atoms with E-state index in [2.05, 4.69) is 11.6 Å². The Hall–Kier alpha value is -1.81. The second-order valence-corrected chi connectivity index (χ2v) is 19.2. The summed E-state index contributed by atoms with van der Waals surface area (Å²) in [6.45, 7) is 8.79. The van der Waals surface area contributed by atoms with Crippen molar-refractivity contribution in [1.82, 2.24) is 4.67 Å². The topological polar surface area (TPSA) is 102 Å². The Morgan fingerprint density at radius 1 is 1.06 bits per heavy atom. The van der Waals surface area contributed by atoms with Crippen molar-refractivity contribution in [3.63, 3.8) is 0 Å². The number of nitrogens with zero attached hydrogens (tertiary/aromatic N) is 1. The first-order valence-electron chi connectivity index (χ1n) is 17.2. The van der Waals surface area contributed by atoms with Gasteiger partial charge in [0.05, 0.1) is 24.2 Å². The number of ketones is 1. The van der Waals surface area contributed by atoms with Crippen molar-refractivity contribution in [1.29, 1.82) is 0 Å². The predicted molar refractivity (Wildman–Crippen MR) is 195 cm³/mol. The molecule has 1 aromatic carbocycles. The summed E-state index contributed by atoms with van der Waals surface area (Å²) >= 11 is 10.7. The molecule has 2 fully saturated rings. The van der Waals surface area contributed by atoms with Crippen LogP contribution >= 0.6 is 17.6 Å². The standard InChI is InChI=1S/C36H54NO7PS2/c1-4-6-15-35(40)44-33-27-32(38)30(31(33)14-12-22-36(3,41)21-7-5-2)13-10-8-9-11-16-34(39)43-28-17-19-29(20-18-28)45(46,47)37-23-25-42-26-24-37/h8,10,12,14,17-20,30-31,33,41H,4-7,9,11,13,15-16,21-27H2,1-3H3,(H,46,47)/b10-8-,14-12+/t30-,31-,33-,36+/m1/s1. The van der Waals surface area contributed by atoms with Gasteiger partial charge in [-0.15, -0.1) is 12.2 Å². The number of benzene rings is 1. The van der Waals surface area contributed by atoms with E-state index in [1.54, 1.807) is 12.1 Å². The van der Waals surface area contributed by atoms with Crippen LogP contribution in [-0.4, -0.2) is 65.5 Å². The maximum Gasteiger partial charge on any atom is 0.311 e. The minimum atomic E-state index is -2.17. The van der Waals surface area contributed by atoms with Crippen molar-refractivity contribution >= 4 is 52.5 Å². The fraction of sp³-hybridized carbons (Fsp3) is 0.639. The SMILES string of the molecule is CCCCC(=O)O[C@@H]1CC(=O)[C@H](C/C=C\CCCC(=O)Oc2ccc(P(=S)(S)N3CCOCC3)cc2)[C@H]1/C=C/C[C@@](C)(O)CCCC. The van der Waals surface area contributed by atoms with E-state index in [1.165, 1.54) is 0 Å². The van der Waals surface area contributed by atoms with Crippen LogP contribution in [0.25, 0.3) is 0 Å². The number of hydrogen-bond acceptors (Lipinski definition) is 8. The molecule has 1 heterocycles. The molecule has 2 aliphatic rings. The van der Waals surface area contributed by atoms with Gasteiger partial charge in [-0.2, -0.15) is 0 Å². The number of Topliss-reactive ketones (excluding diaryl/α,β-unsaturated/α-hetero) is 1. The van der Waals surface area contributed by atoms with Crippen LogP contribution in [0.15, 0.2) is 48.6 Å². The highest BCUT2D eigenvalue weighted by Gasteiger charge is 2.42. The number of rotatable bonds is 19. The quantitative estimate of drug-likeness (QED) is 0.0390. The van der Waals surface area contributed by atoms with Crippen molar-refractivity contribution < 1.29 is 33.7 Å². The van der Waals surface area contributed by atoms with Crippen LogP contribution in [0.3, 0.4) is 0 Å². The molecule has 1 saturated carbocycles. The highest BCUT2D eigenvalue weighted by atomic mass is 32.9. The number of hydrogen-bond donors (Lipinski definition) is 2. The van der Waals surface area contributed by atoms with E-state index in [0.29, 0.717) is 57.5 Å². The molecular weight excluding hydrogens is 654 g/mol. The van der Waals surface area contributed by atoms with Crippen LogP contribution < -0.4 is 10.0 Å². The molecule has 3 rings (SSSR count). The lowest BCUT2D eigenvalue weighted by Crippen LogP contribution is -2.35. The van der Waals surface area contributed by atoms with E-state index < -0.39 is 17.1 Å². The summed E-state index contributed by atoms with van der Waals surface area (Å²) in [4.78, 5) is 37.9. The maximum absolute atomic E-state index is 13.0. The molecular formula is C36H54NO7PS2. The molecule has 1 aromatic rings. The molecule has 1 aliphatic carbocycles. The average molecular weight is 708 g/mol. The predicted octanol–water partition coefficient (Wildman–Crippen LogP) is 7.10.